The molecule has 5 rings (SSSR count). The van der Waals surface area contributed by atoms with Crippen molar-refractivity contribution in [1.82, 2.24) is 0 Å². The van der Waals surface area contributed by atoms with Crippen molar-refractivity contribution in [2.45, 2.75) is 24.6 Å². The minimum Gasteiger partial charge on any atom is -0.458 e. The van der Waals surface area contributed by atoms with Crippen molar-refractivity contribution < 1.29 is 27.1 Å². The lowest BCUT2D eigenvalue weighted by atomic mass is 9.74. The van der Waals surface area contributed by atoms with Crippen molar-refractivity contribution in [3.8, 4) is 0 Å². The number of amides is 1. The van der Waals surface area contributed by atoms with Crippen LogP contribution in [0.5, 0.6) is 0 Å². The number of carbonyl (C=O) groups excluding carboxylic acids is 1. The molecule has 0 aromatic heterocycles. The average Bonchev–Trinajstić information content (AvgIpc) is 3.29. The average molecular weight is 375 g/mol. The van der Waals surface area contributed by atoms with Crippen molar-refractivity contribution >= 4 is 11.6 Å². The normalized spacial score (nSPS) is 25.5. The summed E-state index contributed by atoms with van der Waals surface area (Å²) in [6.07, 6.45) is -4.61. The summed E-state index contributed by atoms with van der Waals surface area (Å²) >= 11 is 0. The van der Waals surface area contributed by atoms with Crippen LogP contribution in [0.4, 0.5) is 23.2 Å². The molecule has 0 radical (unpaired) electrons. The Morgan fingerprint density at radius 3 is 2.56 bits per heavy atom. The number of anilines is 1. The second kappa shape index (κ2) is 5.34. The number of nitrogens with zero attached hydrogens (tertiary/aromatic N) is 1. The zero-order valence-corrected chi connectivity index (χ0v) is 13.8. The molecule has 0 fully saturated rings. The molecule has 3 aliphatic rings. The molecule has 1 aliphatic carbocycles. The van der Waals surface area contributed by atoms with Crippen molar-refractivity contribution in [2.75, 3.05) is 4.90 Å². The molecule has 2 aromatic rings. The number of ether oxygens (including phenoxy) is 1. The minimum absolute atomic E-state index is 0.0816. The van der Waals surface area contributed by atoms with Crippen LogP contribution in [0.2, 0.25) is 0 Å². The molecule has 2 heterocycles. The molecule has 27 heavy (non-hydrogen) atoms. The molecule has 0 saturated carbocycles. The molecule has 7 heteroatoms. The zero-order chi connectivity index (χ0) is 18.9. The summed E-state index contributed by atoms with van der Waals surface area (Å²) in [6, 6.07) is 11.4. The first-order chi connectivity index (χ1) is 12.9. The predicted molar refractivity (Wildman–Crippen MR) is 88.1 cm³/mol. The third kappa shape index (κ3) is 2.37. The van der Waals surface area contributed by atoms with Gasteiger partial charge in [0.15, 0.2) is 0 Å². The summed E-state index contributed by atoms with van der Waals surface area (Å²) in [6.45, 7) is 0. The highest BCUT2D eigenvalue weighted by molar-refractivity contribution is 5.99. The van der Waals surface area contributed by atoms with Gasteiger partial charge in [0.1, 0.15) is 17.3 Å². The number of hydrogen-bond acceptors (Lipinski definition) is 2. The van der Waals surface area contributed by atoms with E-state index in [0.29, 0.717) is 23.3 Å². The standard InChI is InChI=1S/C20H13F4NO2/c21-11-6-7-14-12(8-11)16-13(9-15-18(16)27-15)17(10-4-2-1-3-5-10)25(14)19(26)20(22,23)24/h1-8,13,16-17H,9H2. The highest BCUT2D eigenvalue weighted by Gasteiger charge is 2.58. The molecule has 2 aliphatic heterocycles. The van der Waals surface area contributed by atoms with Gasteiger partial charge in [-0.25, -0.2) is 4.39 Å². The molecule has 0 saturated heterocycles. The van der Waals surface area contributed by atoms with Gasteiger partial charge in [0, 0.05) is 18.0 Å². The molecular weight excluding hydrogens is 362 g/mol. The van der Waals surface area contributed by atoms with Gasteiger partial charge in [-0.2, -0.15) is 13.2 Å². The van der Waals surface area contributed by atoms with E-state index in [2.05, 4.69) is 0 Å². The van der Waals surface area contributed by atoms with Gasteiger partial charge in [-0.1, -0.05) is 30.3 Å². The van der Waals surface area contributed by atoms with E-state index in [0.717, 1.165) is 16.7 Å². The van der Waals surface area contributed by atoms with Crippen LogP contribution in [0.25, 0.3) is 0 Å². The number of benzene rings is 2. The molecular formula is C20H13F4NO2. The van der Waals surface area contributed by atoms with E-state index in [1.165, 1.54) is 12.1 Å². The molecule has 138 valence electrons. The SMILES string of the molecule is O=C(N1c2ccc(F)cc2C2C3=C(CC2C1c1ccccc1)O3)C(F)(F)F. The van der Waals surface area contributed by atoms with Crippen LogP contribution in [-0.2, 0) is 9.53 Å². The second-order valence-electron chi connectivity index (χ2n) is 6.97. The Balaban J connectivity index is 1.74. The van der Waals surface area contributed by atoms with E-state index in [1.54, 1.807) is 30.3 Å². The lowest BCUT2D eigenvalue weighted by Crippen LogP contribution is -2.49. The van der Waals surface area contributed by atoms with E-state index >= 15 is 0 Å². The van der Waals surface area contributed by atoms with Gasteiger partial charge >= 0.3 is 12.1 Å². The molecule has 2 aromatic carbocycles. The van der Waals surface area contributed by atoms with Gasteiger partial charge in [0.2, 0.25) is 0 Å². The lowest BCUT2D eigenvalue weighted by molar-refractivity contribution is -0.171. The maximum absolute atomic E-state index is 13.9. The molecule has 3 atom stereocenters. The van der Waals surface area contributed by atoms with Gasteiger partial charge in [0.05, 0.1) is 12.0 Å². The smallest absolute Gasteiger partial charge is 0.458 e. The molecule has 0 N–H and O–H groups in total. The maximum atomic E-state index is 13.9. The van der Waals surface area contributed by atoms with Gasteiger partial charge < -0.3 is 4.74 Å². The minimum atomic E-state index is -5.04. The van der Waals surface area contributed by atoms with E-state index in [9.17, 15) is 22.4 Å². The fourth-order valence-corrected chi connectivity index (χ4v) is 4.43. The van der Waals surface area contributed by atoms with E-state index in [1.807, 2.05) is 0 Å². The Bertz CT molecular complexity index is 983. The van der Waals surface area contributed by atoms with Crippen LogP contribution < -0.4 is 4.90 Å². The quantitative estimate of drug-likeness (QED) is 0.670. The van der Waals surface area contributed by atoms with Gasteiger partial charge in [0.25, 0.3) is 0 Å². The number of fused-ring (bicyclic) bond motifs is 4. The predicted octanol–water partition coefficient (Wildman–Crippen LogP) is 4.82. The summed E-state index contributed by atoms with van der Waals surface area (Å²) in [7, 11) is 0. The Morgan fingerprint density at radius 1 is 1.11 bits per heavy atom. The summed E-state index contributed by atoms with van der Waals surface area (Å²) in [5, 5.41) is 0. The van der Waals surface area contributed by atoms with Crippen LogP contribution in [0.1, 0.15) is 29.5 Å². The zero-order valence-electron chi connectivity index (χ0n) is 13.8. The number of alkyl halides is 3. The summed E-state index contributed by atoms with van der Waals surface area (Å²) in [4.78, 5) is 13.2. The van der Waals surface area contributed by atoms with E-state index in [4.69, 9.17) is 4.74 Å². The van der Waals surface area contributed by atoms with Crippen molar-refractivity contribution in [1.29, 1.82) is 0 Å². The molecule has 0 bridgehead atoms. The maximum Gasteiger partial charge on any atom is 0.471 e. The third-order valence-corrected chi connectivity index (χ3v) is 5.47. The van der Waals surface area contributed by atoms with Crippen LogP contribution in [0.15, 0.2) is 60.0 Å². The number of hydrogen-bond donors (Lipinski definition) is 0. The largest absolute Gasteiger partial charge is 0.471 e. The number of allylic oxidation sites excluding steroid dienone is 2. The van der Waals surface area contributed by atoms with Crippen LogP contribution >= 0.6 is 0 Å². The monoisotopic (exact) mass is 375 g/mol. The van der Waals surface area contributed by atoms with E-state index < -0.39 is 23.9 Å². The summed E-state index contributed by atoms with van der Waals surface area (Å²) in [5.74, 6) is -1.73. The van der Waals surface area contributed by atoms with Crippen LogP contribution in [-0.4, -0.2) is 12.1 Å². The Kier molecular flexibility index (Phi) is 3.24. The highest BCUT2D eigenvalue weighted by atomic mass is 19.4. The molecule has 3 nitrogen and oxygen atoms in total. The summed E-state index contributed by atoms with van der Waals surface area (Å²) in [5.41, 5.74) is 1.06. The van der Waals surface area contributed by atoms with Crippen molar-refractivity contribution in [3.63, 3.8) is 0 Å². The summed E-state index contributed by atoms with van der Waals surface area (Å²) < 4.78 is 59.6. The lowest BCUT2D eigenvalue weighted by Gasteiger charge is -2.45. The highest BCUT2D eigenvalue weighted by Crippen LogP contribution is 2.63. The van der Waals surface area contributed by atoms with Crippen LogP contribution in [0.3, 0.4) is 0 Å². The molecule has 3 unspecified atom stereocenters. The van der Waals surface area contributed by atoms with Gasteiger partial charge in [-0.3, -0.25) is 9.69 Å². The van der Waals surface area contributed by atoms with Crippen molar-refractivity contribution in [2.24, 2.45) is 5.92 Å². The van der Waals surface area contributed by atoms with E-state index in [-0.39, 0.29) is 17.5 Å². The number of rotatable bonds is 1. The van der Waals surface area contributed by atoms with Gasteiger partial charge in [-0.15, -0.1) is 0 Å². The first-order valence-corrected chi connectivity index (χ1v) is 8.52. The number of halogens is 4. The Labute approximate surface area is 151 Å². The fraction of sp³-hybridized carbons (Fsp3) is 0.250. The number of carbonyl (C=O) groups is 1. The van der Waals surface area contributed by atoms with Crippen LogP contribution in [0, 0.1) is 11.7 Å². The Hall–Kier alpha value is -2.83. The topological polar surface area (TPSA) is 32.8 Å². The first kappa shape index (κ1) is 16.4. The third-order valence-electron chi connectivity index (χ3n) is 5.47. The second-order valence-corrected chi connectivity index (χ2v) is 6.97. The van der Waals surface area contributed by atoms with Crippen molar-refractivity contribution in [3.05, 3.63) is 77.0 Å². The first-order valence-electron chi connectivity index (χ1n) is 8.52. The Morgan fingerprint density at radius 2 is 1.85 bits per heavy atom. The molecule has 1 amide bonds. The fourth-order valence-electron chi connectivity index (χ4n) is 4.43. The van der Waals surface area contributed by atoms with Gasteiger partial charge in [-0.05, 0) is 29.3 Å². The molecule has 0 spiro atoms.